The molecule has 0 aliphatic carbocycles. The van der Waals surface area contributed by atoms with Crippen molar-refractivity contribution in [3.05, 3.63) is 56.0 Å². The maximum atomic E-state index is 5.33. The maximum absolute atomic E-state index is 5.33. The Morgan fingerprint density at radius 1 is 1.33 bits per heavy atom. The molecule has 0 saturated carbocycles. The molecule has 0 aliphatic rings. The van der Waals surface area contributed by atoms with Gasteiger partial charge in [-0.1, -0.05) is 53.3 Å². The van der Waals surface area contributed by atoms with Gasteiger partial charge in [0.2, 0.25) is 0 Å². The van der Waals surface area contributed by atoms with Crippen LogP contribution in [0.15, 0.2) is 28.7 Å². The van der Waals surface area contributed by atoms with E-state index in [1.54, 1.807) is 0 Å². The lowest BCUT2D eigenvalue weighted by Crippen LogP contribution is -2.03. The summed E-state index contributed by atoms with van der Waals surface area (Å²) in [4.78, 5) is 7.82. The molecule has 0 unspecified atom stereocenters. The number of halogens is 1. The van der Waals surface area contributed by atoms with Gasteiger partial charge < -0.3 is 4.98 Å². The SMILES string of the molecule is CCc1c(C)[nH]c(Cc2ccccc2Br)nc1=S. The fourth-order valence-electron chi connectivity index (χ4n) is 1.99. The minimum Gasteiger partial charge on any atom is -0.347 e. The van der Waals surface area contributed by atoms with Crippen LogP contribution in [-0.2, 0) is 12.8 Å². The topological polar surface area (TPSA) is 28.7 Å². The quantitative estimate of drug-likeness (QED) is 0.850. The molecule has 0 bridgehead atoms. The number of aryl methyl sites for hydroxylation is 1. The molecule has 4 heteroatoms. The highest BCUT2D eigenvalue weighted by molar-refractivity contribution is 9.10. The Kier molecular flexibility index (Phi) is 4.30. The van der Waals surface area contributed by atoms with E-state index in [0.717, 1.165) is 39.0 Å². The first-order chi connectivity index (χ1) is 8.61. The first-order valence-corrected chi connectivity index (χ1v) is 7.14. The number of aromatic nitrogens is 2. The average Bonchev–Trinajstić information content (AvgIpc) is 2.32. The number of hydrogen-bond donors (Lipinski definition) is 1. The van der Waals surface area contributed by atoms with E-state index in [1.165, 1.54) is 5.56 Å². The van der Waals surface area contributed by atoms with Crippen molar-refractivity contribution in [1.82, 2.24) is 9.97 Å². The highest BCUT2D eigenvalue weighted by Crippen LogP contribution is 2.19. The van der Waals surface area contributed by atoms with Crippen molar-refractivity contribution < 1.29 is 0 Å². The molecular formula is C14H15BrN2S. The minimum atomic E-state index is 0.718. The van der Waals surface area contributed by atoms with Gasteiger partial charge in [0.05, 0.1) is 0 Å². The van der Waals surface area contributed by atoms with Gasteiger partial charge in [-0.15, -0.1) is 0 Å². The van der Waals surface area contributed by atoms with Gasteiger partial charge in [-0.05, 0) is 25.0 Å². The van der Waals surface area contributed by atoms with Crippen molar-refractivity contribution in [2.24, 2.45) is 0 Å². The van der Waals surface area contributed by atoms with Gasteiger partial charge in [0.25, 0.3) is 0 Å². The van der Waals surface area contributed by atoms with Crippen LogP contribution in [0, 0.1) is 11.6 Å². The number of hydrogen-bond acceptors (Lipinski definition) is 2. The molecule has 94 valence electrons. The molecule has 2 nitrogen and oxygen atoms in total. The number of nitrogens with zero attached hydrogens (tertiary/aromatic N) is 1. The third-order valence-corrected chi connectivity index (χ3v) is 4.06. The number of H-pyrrole nitrogens is 1. The molecule has 1 heterocycles. The van der Waals surface area contributed by atoms with Crippen LogP contribution in [0.25, 0.3) is 0 Å². The lowest BCUT2D eigenvalue weighted by molar-refractivity contribution is 0.893. The Hall–Kier alpha value is -1.00. The number of rotatable bonds is 3. The van der Waals surface area contributed by atoms with E-state index < -0.39 is 0 Å². The molecule has 18 heavy (non-hydrogen) atoms. The Balaban J connectivity index is 2.37. The summed E-state index contributed by atoms with van der Waals surface area (Å²) < 4.78 is 1.82. The average molecular weight is 323 g/mol. The van der Waals surface area contributed by atoms with Crippen LogP contribution in [0.4, 0.5) is 0 Å². The van der Waals surface area contributed by atoms with Crippen LogP contribution in [0.5, 0.6) is 0 Å². The standard InChI is InChI=1S/C14H15BrN2S/c1-3-11-9(2)16-13(17-14(11)18)8-10-6-4-5-7-12(10)15/h4-7H,3,8H2,1-2H3,(H,16,17,18). The van der Waals surface area contributed by atoms with Gasteiger partial charge in [-0.3, -0.25) is 0 Å². The van der Waals surface area contributed by atoms with E-state index in [1.807, 2.05) is 18.2 Å². The zero-order valence-corrected chi connectivity index (χ0v) is 12.9. The summed E-state index contributed by atoms with van der Waals surface area (Å²) in [6.45, 7) is 4.15. The van der Waals surface area contributed by atoms with Crippen molar-refractivity contribution >= 4 is 28.1 Å². The second kappa shape index (κ2) is 5.76. The van der Waals surface area contributed by atoms with E-state index in [4.69, 9.17) is 12.2 Å². The predicted octanol–water partition coefficient (Wildman–Crippen LogP) is 4.36. The van der Waals surface area contributed by atoms with Crippen LogP contribution >= 0.6 is 28.1 Å². The van der Waals surface area contributed by atoms with Gasteiger partial charge in [0, 0.05) is 22.2 Å². The summed E-state index contributed by atoms with van der Waals surface area (Å²) in [5.41, 5.74) is 3.47. The Labute approximate surface area is 121 Å². The van der Waals surface area contributed by atoms with Gasteiger partial charge in [-0.25, -0.2) is 4.98 Å². The van der Waals surface area contributed by atoms with E-state index >= 15 is 0 Å². The number of aromatic amines is 1. The summed E-state index contributed by atoms with van der Waals surface area (Å²) in [5.74, 6) is 0.918. The van der Waals surface area contributed by atoms with E-state index in [0.29, 0.717) is 0 Å². The largest absolute Gasteiger partial charge is 0.347 e. The molecule has 0 radical (unpaired) electrons. The van der Waals surface area contributed by atoms with Crippen molar-refractivity contribution in [2.75, 3.05) is 0 Å². The van der Waals surface area contributed by atoms with E-state index in [-0.39, 0.29) is 0 Å². The normalized spacial score (nSPS) is 10.6. The molecule has 0 saturated heterocycles. The van der Waals surface area contributed by atoms with Crippen LogP contribution in [-0.4, -0.2) is 9.97 Å². The molecule has 1 N–H and O–H groups in total. The highest BCUT2D eigenvalue weighted by Gasteiger charge is 2.06. The Bertz CT molecular complexity index is 619. The van der Waals surface area contributed by atoms with E-state index in [9.17, 15) is 0 Å². The van der Waals surface area contributed by atoms with Gasteiger partial charge >= 0.3 is 0 Å². The molecule has 1 aromatic heterocycles. The number of nitrogens with one attached hydrogen (secondary N) is 1. The Morgan fingerprint density at radius 3 is 2.67 bits per heavy atom. The van der Waals surface area contributed by atoms with Crippen molar-refractivity contribution in [3.63, 3.8) is 0 Å². The Morgan fingerprint density at radius 2 is 2.06 bits per heavy atom. The van der Waals surface area contributed by atoms with Crippen LogP contribution in [0.3, 0.4) is 0 Å². The zero-order valence-electron chi connectivity index (χ0n) is 10.5. The summed E-state index contributed by atoms with van der Waals surface area (Å²) in [5, 5.41) is 0. The van der Waals surface area contributed by atoms with Crippen molar-refractivity contribution in [2.45, 2.75) is 26.7 Å². The highest BCUT2D eigenvalue weighted by atomic mass is 79.9. The van der Waals surface area contributed by atoms with Gasteiger partial charge in [-0.2, -0.15) is 0 Å². The number of benzene rings is 1. The molecular weight excluding hydrogens is 308 g/mol. The molecule has 0 spiro atoms. The summed E-state index contributed by atoms with van der Waals surface area (Å²) in [7, 11) is 0. The maximum Gasteiger partial charge on any atom is 0.133 e. The van der Waals surface area contributed by atoms with Crippen LogP contribution < -0.4 is 0 Å². The fourth-order valence-corrected chi connectivity index (χ4v) is 2.83. The summed E-state index contributed by atoms with van der Waals surface area (Å²) in [6.07, 6.45) is 1.68. The van der Waals surface area contributed by atoms with Gasteiger partial charge in [0.1, 0.15) is 10.5 Å². The lowest BCUT2D eigenvalue weighted by Gasteiger charge is -2.08. The molecule has 0 atom stereocenters. The smallest absolute Gasteiger partial charge is 0.133 e. The second-order valence-electron chi connectivity index (χ2n) is 4.21. The first kappa shape index (κ1) is 13.4. The first-order valence-electron chi connectivity index (χ1n) is 5.94. The van der Waals surface area contributed by atoms with Crippen molar-refractivity contribution in [1.29, 1.82) is 0 Å². The summed E-state index contributed by atoms with van der Waals surface area (Å²) in [6, 6.07) is 8.17. The molecule has 2 aromatic rings. The van der Waals surface area contributed by atoms with Crippen LogP contribution in [0.1, 0.15) is 29.6 Å². The third kappa shape index (κ3) is 2.87. The molecule has 0 aliphatic heterocycles. The predicted molar refractivity (Wildman–Crippen MR) is 80.5 cm³/mol. The van der Waals surface area contributed by atoms with Crippen LogP contribution in [0.2, 0.25) is 0 Å². The monoisotopic (exact) mass is 322 g/mol. The van der Waals surface area contributed by atoms with Crippen molar-refractivity contribution in [3.8, 4) is 0 Å². The van der Waals surface area contributed by atoms with Gasteiger partial charge in [0.15, 0.2) is 0 Å². The minimum absolute atomic E-state index is 0.718. The third-order valence-electron chi connectivity index (χ3n) is 2.95. The fraction of sp³-hybridized carbons (Fsp3) is 0.286. The molecule has 2 rings (SSSR count). The zero-order chi connectivity index (χ0) is 13.1. The summed E-state index contributed by atoms with van der Waals surface area (Å²) >= 11 is 8.88. The lowest BCUT2D eigenvalue weighted by atomic mass is 10.1. The molecule has 0 amide bonds. The molecule has 1 aromatic carbocycles. The molecule has 0 fully saturated rings. The second-order valence-corrected chi connectivity index (χ2v) is 5.45. The van der Waals surface area contributed by atoms with E-state index in [2.05, 4.69) is 45.8 Å².